The van der Waals surface area contributed by atoms with Crippen molar-refractivity contribution in [1.82, 2.24) is 0 Å². The molecule has 0 aromatic heterocycles. The van der Waals surface area contributed by atoms with Crippen LogP contribution < -0.4 is 10.2 Å². The lowest BCUT2D eigenvalue weighted by Crippen LogP contribution is -2.47. The quantitative estimate of drug-likeness (QED) is 0.163. The molecule has 0 aliphatic carbocycles. The Morgan fingerprint density at radius 1 is 0.614 bits per heavy atom. The normalized spacial score (nSPS) is 17.6. The van der Waals surface area contributed by atoms with E-state index in [9.17, 15) is 30.3 Å². The molecule has 0 bridgehead atoms. The van der Waals surface area contributed by atoms with Gasteiger partial charge in [0.1, 0.15) is 9.74 Å². The molecule has 14 heteroatoms. The Bertz CT molecular complexity index is 1120. The molecule has 0 saturated carbocycles. The summed E-state index contributed by atoms with van der Waals surface area (Å²) in [5.41, 5.74) is -5.39. The predicted octanol–water partition coefficient (Wildman–Crippen LogP) is 5.88. The van der Waals surface area contributed by atoms with E-state index in [1.54, 1.807) is 0 Å². The van der Waals surface area contributed by atoms with E-state index in [4.69, 9.17) is 0 Å². The maximum absolute atomic E-state index is 13.0. The molecule has 2 atom stereocenters. The molecular weight excluding hydrogens is 601 g/mol. The first-order valence-corrected chi connectivity index (χ1v) is 16.5. The number of aliphatic carboxylic acids is 2. The van der Waals surface area contributed by atoms with E-state index in [0.717, 1.165) is 0 Å². The number of rotatable bonds is 18. The van der Waals surface area contributed by atoms with Gasteiger partial charge in [0.2, 0.25) is 0 Å². The van der Waals surface area contributed by atoms with E-state index in [-0.39, 0.29) is 36.8 Å². The maximum Gasteiger partial charge on any atom is 0.165 e. The Morgan fingerprint density at radius 3 is 1.32 bits per heavy atom. The van der Waals surface area contributed by atoms with Crippen molar-refractivity contribution >= 4 is 35.5 Å². The molecule has 0 aliphatic heterocycles. The minimum atomic E-state index is -1.64. The molecule has 0 saturated heterocycles. The van der Waals surface area contributed by atoms with Gasteiger partial charge in [0.05, 0.1) is 23.2 Å². The summed E-state index contributed by atoms with van der Waals surface area (Å²) in [6.07, 6.45) is -0.544. The van der Waals surface area contributed by atoms with Gasteiger partial charge in [-0.25, -0.2) is 0 Å². The Morgan fingerprint density at radius 2 is 1.00 bits per heavy atom. The molecule has 0 heterocycles. The van der Waals surface area contributed by atoms with Crippen LogP contribution >= 0.6 is 23.5 Å². The van der Waals surface area contributed by atoms with Gasteiger partial charge < -0.3 is 19.8 Å². The van der Waals surface area contributed by atoms with Gasteiger partial charge in [0, 0.05) is 17.4 Å². The fourth-order valence-corrected chi connectivity index (χ4v) is 5.80. The zero-order valence-corrected chi connectivity index (χ0v) is 30.1. The van der Waals surface area contributed by atoms with Crippen LogP contribution in [0.5, 0.6) is 0 Å². The predicted molar refractivity (Wildman–Crippen MR) is 171 cm³/mol. The zero-order chi connectivity index (χ0) is 34.7. The van der Waals surface area contributed by atoms with Gasteiger partial charge in [-0.1, -0.05) is 0 Å². The second-order valence-electron chi connectivity index (χ2n) is 14.4. The summed E-state index contributed by atoms with van der Waals surface area (Å²) < 4.78 is 0. The number of carbonyl (C=O) groups is 2. The van der Waals surface area contributed by atoms with Crippen LogP contribution in [0.3, 0.4) is 0 Å². The van der Waals surface area contributed by atoms with E-state index >= 15 is 0 Å². The molecule has 44 heavy (non-hydrogen) atoms. The molecule has 12 nitrogen and oxygen atoms in total. The highest BCUT2D eigenvalue weighted by Crippen LogP contribution is 2.42. The Hall–Kier alpha value is -2.58. The number of nitrogens with zero attached hydrogens (tertiary/aromatic N) is 8. The van der Waals surface area contributed by atoms with Gasteiger partial charge in [0.25, 0.3) is 0 Å². The third kappa shape index (κ3) is 17.0. The number of azo groups is 3. The van der Waals surface area contributed by atoms with Crippen molar-refractivity contribution in [2.75, 3.05) is 11.5 Å². The second-order valence-corrected chi connectivity index (χ2v) is 17.8. The molecular formula is C30H50N8O4S2-2. The molecule has 0 N–H and O–H groups in total. The molecule has 0 aliphatic rings. The van der Waals surface area contributed by atoms with E-state index in [0.29, 0.717) is 11.5 Å². The van der Waals surface area contributed by atoms with Crippen molar-refractivity contribution in [3.63, 3.8) is 0 Å². The lowest BCUT2D eigenvalue weighted by atomic mass is 9.73. The summed E-state index contributed by atoms with van der Waals surface area (Å²) in [5.74, 6) is -1.91. The SMILES string of the molecule is CC(C)(C)N=NC(C)(C)SCCC(CCSC(C)(C)N=NC(C)(C)C)(CC(C)(C#N)N=NC(C)(C#N)CCC(=O)[O-])C(=O)[O-]. The highest BCUT2D eigenvalue weighted by Gasteiger charge is 2.42. The van der Waals surface area contributed by atoms with Crippen molar-refractivity contribution in [3.8, 4) is 12.1 Å². The summed E-state index contributed by atoms with van der Waals surface area (Å²) in [5, 5.41) is 69.5. The van der Waals surface area contributed by atoms with Gasteiger partial charge in [-0.2, -0.15) is 41.2 Å². The van der Waals surface area contributed by atoms with E-state index in [1.807, 2.05) is 75.3 Å². The van der Waals surface area contributed by atoms with Gasteiger partial charge in [-0.3, -0.25) is 0 Å². The highest BCUT2D eigenvalue weighted by atomic mass is 32.2. The second kappa shape index (κ2) is 16.1. The fraction of sp³-hybridized carbons (Fsp3) is 0.867. The van der Waals surface area contributed by atoms with Crippen LogP contribution in [0.25, 0.3) is 0 Å². The number of carboxylic acid groups (broad SMARTS) is 2. The number of nitriles is 2. The molecule has 0 spiro atoms. The Kier molecular flexibility index (Phi) is 15.2. The van der Waals surface area contributed by atoms with Gasteiger partial charge in [-0.05, 0) is 127 Å². The zero-order valence-electron chi connectivity index (χ0n) is 28.5. The largest absolute Gasteiger partial charge is 0.550 e. The lowest BCUT2D eigenvalue weighted by molar-refractivity contribution is -0.320. The number of carboxylic acids is 2. The molecule has 0 fully saturated rings. The van der Waals surface area contributed by atoms with Crippen molar-refractivity contribution in [2.24, 2.45) is 36.1 Å². The minimum Gasteiger partial charge on any atom is -0.550 e. The van der Waals surface area contributed by atoms with Gasteiger partial charge >= 0.3 is 0 Å². The minimum absolute atomic E-state index is 0.145. The Labute approximate surface area is 272 Å². The van der Waals surface area contributed by atoms with Crippen molar-refractivity contribution in [2.45, 2.75) is 147 Å². The summed E-state index contributed by atoms with van der Waals surface area (Å²) in [6, 6.07) is 3.99. The molecule has 0 amide bonds. The molecule has 0 aromatic rings. The van der Waals surface area contributed by atoms with Crippen LogP contribution in [0.1, 0.15) is 115 Å². The summed E-state index contributed by atoms with van der Waals surface area (Å²) in [7, 11) is 0. The first-order valence-electron chi connectivity index (χ1n) is 14.6. The van der Waals surface area contributed by atoms with Gasteiger partial charge in [0.15, 0.2) is 11.1 Å². The molecule has 0 aromatic carbocycles. The molecule has 0 rings (SSSR count). The van der Waals surface area contributed by atoms with E-state index in [1.165, 1.54) is 37.4 Å². The van der Waals surface area contributed by atoms with Crippen LogP contribution in [-0.4, -0.2) is 55.3 Å². The summed E-state index contributed by atoms with van der Waals surface area (Å²) in [4.78, 5) is 22.7. The van der Waals surface area contributed by atoms with Crippen LogP contribution in [0.2, 0.25) is 0 Å². The standard InChI is InChI=1S/C30H52N8O4S2/c1-24(2,3)33-35-26(7,8)43-17-15-30(23(41)42,16-18-44-27(9,10)36-34-25(4,5)6)19-29(12,21-32)38-37-28(11,20-31)14-13-22(39)40/h13-19H2,1-12H3,(H,39,40)(H,41,42)/p-2. The number of carbonyl (C=O) groups excluding carboxylic acids is 2. The number of hydrogen-bond acceptors (Lipinski definition) is 14. The third-order valence-electron chi connectivity index (χ3n) is 6.16. The molecule has 2 unspecified atom stereocenters. The number of thioether (sulfide) groups is 2. The van der Waals surface area contributed by atoms with Crippen molar-refractivity contribution in [3.05, 3.63) is 0 Å². The van der Waals surface area contributed by atoms with E-state index in [2.05, 4.69) is 36.8 Å². The fourth-order valence-electron chi connectivity index (χ4n) is 3.62. The smallest absolute Gasteiger partial charge is 0.165 e. The van der Waals surface area contributed by atoms with E-state index < -0.39 is 44.6 Å². The van der Waals surface area contributed by atoms with Crippen LogP contribution in [-0.2, 0) is 9.59 Å². The van der Waals surface area contributed by atoms with Crippen molar-refractivity contribution < 1.29 is 19.8 Å². The van der Waals surface area contributed by atoms with Crippen LogP contribution in [0.4, 0.5) is 0 Å². The summed E-state index contributed by atoms with van der Waals surface area (Å²) >= 11 is 2.89. The highest BCUT2D eigenvalue weighted by molar-refractivity contribution is 8.00. The first-order chi connectivity index (χ1) is 19.7. The molecule has 248 valence electrons. The monoisotopic (exact) mass is 650 g/mol. The topological polar surface area (TPSA) is 202 Å². The summed E-state index contributed by atoms with van der Waals surface area (Å²) in [6.45, 7) is 22.1. The maximum atomic E-state index is 13.0. The average molecular weight is 651 g/mol. The van der Waals surface area contributed by atoms with Crippen LogP contribution in [0.15, 0.2) is 30.7 Å². The number of hydrogen-bond donors (Lipinski definition) is 0. The average Bonchev–Trinajstić information content (AvgIpc) is 2.87. The molecule has 0 radical (unpaired) electrons. The lowest BCUT2D eigenvalue weighted by Gasteiger charge is -2.39. The van der Waals surface area contributed by atoms with Gasteiger partial charge in [-0.15, -0.1) is 23.5 Å². The third-order valence-corrected chi connectivity index (χ3v) is 8.55. The van der Waals surface area contributed by atoms with Crippen molar-refractivity contribution in [1.29, 1.82) is 10.5 Å². The Balaban J connectivity index is 6.38. The van der Waals surface area contributed by atoms with Crippen LogP contribution in [0, 0.1) is 28.1 Å². The first kappa shape index (κ1) is 41.4.